The fraction of sp³-hybridized carbons (Fsp3) is 0.417. The summed E-state index contributed by atoms with van der Waals surface area (Å²) in [5.41, 5.74) is 0.728. The van der Waals surface area contributed by atoms with Crippen molar-refractivity contribution in [3.63, 3.8) is 0 Å². The number of nitrogens with one attached hydrogen (secondary N) is 1. The Hall–Kier alpha value is -1.75. The summed E-state index contributed by atoms with van der Waals surface area (Å²) in [4.78, 5) is 29.6. The van der Waals surface area contributed by atoms with Gasteiger partial charge >= 0.3 is 0 Å². The Balaban J connectivity index is 1.94. The van der Waals surface area contributed by atoms with Gasteiger partial charge in [0.05, 0.1) is 11.6 Å². The molecule has 1 aromatic rings. The molecule has 1 saturated heterocycles. The van der Waals surface area contributed by atoms with Gasteiger partial charge in [-0.1, -0.05) is 0 Å². The molecule has 1 atom stereocenters. The van der Waals surface area contributed by atoms with E-state index in [0.717, 1.165) is 19.4 Å². The monoisotopic (exact) mass is 231 g/mol. The van der Waals surface area contributed by atoms with Gasteiger partial charge in [0.2, 0.25) is 0 Å². The molecule has 0 aromatic carbocycles. The lowest BCUT2D eigenvalue weighted by molar-refractivity contribution is 0.0559. The molecule has 1 aromatic heterocycles. The summed E-state index contributed by atoms with van der Waals surface area (Å²) >= 11 is 0. The second kappa shape index (κ2) is 3.92. The van der Waals surface area contributed by atoms with Crippen molar-refractivity contribution in [2.75, 3.05) is 13.1 Å². The van der Waals surface area contributed by atoms with E-state index in [1.165, 1.54) is 4.90 Å². The number of nitrogens with zero attached hydrogens (tertiary/aromatic N) is 2. The summed E-state index contributed by atoms with van der Waals surface area (Å²) in [6.07, 6.45) is 3.41. The number of aromatic nitrogens is 1. The molecule has 5 nitrogen and oxygen atoms in total. The van der Waals surface area contributed by atoms with Crippen molar-refractivity contribution in [3.05, 3.63) is 29.6 Å². The molecule has 17 heavy (non-hydrogen) atoms. The second-order valence-electron chi connectivity index (χ2n) is 4.38. The topological polar surface area (TPSA) is 62.3 Å². The smallest absolute Gasteiger partial charge is 0.280 e. The number of pyridine rings is 1. The van der Waals surface area contributed by atoms with Gasteiger partial charge < -0.3 is 5.32 Å². The summed E-state index contributed by atoms with van der Waals surface area (Å²) in [5.74, 6) is -0.453. The maximum Gasteiger partial charge on any atom is 0.280 e. The molecule has 3 rings (SSSR count). The van der Waals surface area contributed by atoms with E-state index in [2.05, 4.69) is 10.3 Å². The molecule has 2 aliphatic heterocycles. The number of piperidine rings is 1. The van der Waals surface area contributed by atoms with Gasteiger partial charge in [0.15, 0.2) is 0 Å². The molecule has 0 aliphatic carbocycles. The Morgan fingerprint density at radius 1 is 1.35 bits per heavy atom. The third-order valence-electron chi connectivity index (χ3n) is 3.31. The first-order valence-electron chi connectivity index (χ1n) is 5.82. The number of amides is 2. The standard InChI is InChI=1S/C12H13N3O2/c16-11-9-4-2-6-14-10(9)12(17)15(11)8-3-1-5-13-7-8/h2,4,6,8,13H,1,3,5,7H2. The molecule has 1 N–H and O–H groups in total. The van der Waals surface area contributed by atoms with Gasteiger partial charge in [0.25, 0.3) is 11.8 Å². The minimum atomic E-state index is -0.251. The van der Waals surface area contributed by atoms with Gasteiger partial charge in [-0.05, 0) is 31.5 Å². The summed E-state index contributed by atoms with van der Waals surface area (Å²) in [5, 5.41) is 3.21. The van der Waals surface area contributed by atoms with E-state index in [1.54, 1.807) is 18.3 Å². The number of hydrogen-bond acceptors (Lipinski definition) is 4. The Kier molecular flexibility index (Phi) is 2.40. The predicted octanol–water partition coefficient (Wildman–Crippen LogP) is 0.430. The van der Waals surface area contributed by atoms with Crippen LogP contribution >= 0.6 is 0 Å². The molecule has 1 unspecified atom stereocenters. The first-order chi connectivity index (χ1) is 8.29. The number of imide groups is 1. The quantitative estimate of drug-likeness (QED) is 0.712. The van der Waals surface area contributed by atoms with Gasteiger partial charge in [0, 0.05) is 12.7 Å². The van der Waals surface area contributed by atoms with Gasteiger partial charge in [-0.3, -0.25) is 19.5 Å². The number of rotatable bonds is 1. The average molecular weight is 231 g/mol. The molecular weight excluding hydrogens is 218 g/mol. The van der Waals surface area contributed by atoms with E-state index in [-0.39, 0.29) is 17.9 Å². The van der Waals surface area contributed by atoms with Crippen LogP contribution in [0.15, 0.2) is 18.3 Å². The lowest BCUT2D eigenvalue weighted by Gasteiger charge is -2.29. The molecule has 0 radical (unpaired) electrons. The van der Waals surface area contributed by atoms with Crippen LogP contribution in [0.25, 0.3) is 0 Å². The predicted molar refractivity (Wildman–Crippen MR) is 60.6 cm³/mol. The molecule has 1 fully saturated rings. The minimum absolute atomic E-state index is 0.0297. The lowest BCUT2D eigenvalue weighted by atomic mass is 10.1. The van der Waals surface area contributed by atoms with E-state index in [1.807, 2.05) is 0 Å². The van der Waals surface area contributed by atoms with E-state index in [4.69, 9.17) is 0 Å². The van der Waals surface area contributed by atoms with Crippen molar-refractivity contribution in [1.29, 1.82) is 0 Å². The highest BCUT2D eigenvalue weighted by Gasteiger charge is 2.40. The zero-order valence-corrected chi connectivity index (χ0v) is 9.35. The maximum absolute atomic E-state index is 12.1. The van der Waals surface area contributed by atoms with E-state index >= 15 is 0 Å². The number of carbonyl (C=O) groups excluding carboxylic acids is 2. The Morgan fingerprint density at radius 2 is 2.24 bits per heavy atom. The third-order valence-corrected chi connectivity index (χ3v) is 3.31. The Labute approximate surface area is 98.8 Å². The molecule has 2 aliphatic rings. The maximum atomic E-state index is 12.1. The molecule has 0 spiro atoms. The fourth-order valence-electron chi connectivity index (χ4n) is 2.47. The first kappa shape index (κ1) is 10.4. The van der Waals surface area contributed by atoms with Gasteiger partial charge in [-0.2, -0.15) is 0 Å². The summed E-state index contributed by atoms with van der Waals surface area (Å²) < 4.78 is 0. The van der Waals surface area contributed by atoms with Crippen molar-refractivity contribution in [1.82, 2.24) is 15.2 Å². The normalized spacial score (nSPS) is 24.0. The summed E-state index contributed by atoms with van der Waals surface area (Å²) in [6.45, 7) is 1.64. The van der Waals surface area contributed by atoms with E-state index in [0.29, 0.717) is 17.8 Å². The van der Waals surface area contributed by atoms with E-state index in [9.17, 15) is 9.59 Å². The lowest BCUT2D eigenvalue weighted by Crippen LogP contribution is -2.48. The largest absolute Gasteiger partial charge is 0.315 e. The fourth-order valence-corrected chi connectivity index (χ4v) is 2.47. The number of fused-ring (bicyclic) bond motifs is 1. The number of carbonyl (C=O) groups is 2. The minimum Gasteiger partial charge on any atom is -0.315 e. The van der Waals surface area contributed by atoms with Crippen molar-refractivity contribution in [3.8, 4) is 0 Å². The van der Waals surface area contributed by atoms with Gasteiger partial charge in [-0.25, -0.2) is 0 Å². The zero-order valence-electron chi connectivity index (χ0n) is 9.35. The molecule has 3 heterocycles. The van der Waals surface area contributed by atoms with Crippen molar-refractivity contribution < 1.29 is 9.59 Å². The van der Waals surface area contributed by atoms with Crippen LogP contribution in [0.3, 0.4) is 0 Å². The van der Waals surface area contributed by atoms with Gasteiger partial charge in [0.1, 0.15) is 5.69 Å². The second-order valence-corrected chi connectivity index (χ2v) is 4.38. The van der Waals surface area contributed by atoms with Crippen LogP contribution in [0, 0.1) is 0 Å². The highest BCUT2D eigenvalue weighted by atomic mass is 16.2. The van der Waals surface area contributed by atoms with Crippen molar-refractivity contribution in [2.45, 2.75) is 18.9 Å². The zero-order chi connectivity index (χ0) is 11.8. The Bertz CT molecular complexity index is 445. The van der Waals surface area contributed by atoms with E-state index < -0.39 is 0 Å². The van der Waals surface area contributed by atoms with Crippen LogP contribution < -0.4 is 5.32 Å². The molecule has 88 valence electrons. The van der Waals surface area contributed by atoms with Crippen LogP contribution in [-0.4, -0.2) is 40.8 Å². The van der Waals surface area contributed by atoms with Crippen molar-refractivity contribution in [2.24, 2.45) is 0 Å². The molecule has 0 bridgehead atoms. The third kappa shape index (κ3) is 1.54. The SMILES string of the molecule is O=C1c2cccnc2C(=O)N1C1CCCNC1. The molecule has 5 heteroatoms. The van der Waals surface area contributed by atoms with Crippen LogP contribution in [0.5, 0.6) is 0 Å². The number of hydrogen-bond donors (Lipinski definition) is 1. The van der Waals surface area contributed by atoms with Crippen LogP contribution in [0.4, 0.5) is 0 Å². The molecule has 0 saturated carbocycles. The molecule has 2 amide bonds. The first-order valence-corrected chi connectivity index (χ1v) is 5.82. The van der Waals surface area contributed by atoms with Crippen LogP contribution in [-0.2, 0) is 0 Å². The average Bonchev–Trinajstić information content (AvgIpc) is 2.64. The highest BCUT2D eigenvalue weighted by molar-refractivity contribution is 6.20. The van der Waals surface area contributed by atoms with Crippen LogP contribution in [0.2, 0.25) is 0 Å². The highest BCUT2D eigenvalue weighted by Crippen LogP contribution is 2.24. The summed E-state index contributed by atoms with van der Waals surface area (Å²) in [7, 11) is 0. The van der Waals surface area contributed by atoms with Gasteiger partial charge in [-0.15, -0.1) is 0 Å². The molecular formula is C12H13N3O2. The summed E-state index contributed by atoms with van der Waals surface area (Å²) in [6, 6.07) is 3.32. The van der Waals surface area contributed by atoms with Crippen LogP contribution in [0.1, 0.15) is 33.7 Å². The Morgan fingerprint density at radius 3 is 2.94 bits per heavy atom. The van der Waals surface area contributed by atoms with Crippen molar-refractivity contribution >= 4 is 11.8 Å².